The molecule has 1 aromatic heterocycles. The molecule has 0 bridgehead atoms. The molecule has 0 saturated carbocycles. The first kappa shape index (κ1) is 11.7. The number of aromatic nitrogens is 2. The van der Waals surface area contributed by atoms with Crippen LogP contribution in [0.2, 0.25) is 0 Å². The molecule has 0 aliphatic rings. The summed E-state index contributed by atoms with van der Waals surface area (Å²) in [5.74, 6) is 0.397. The molecule has 0 spiro atoms. The van der Waals surface area contributed by atoms with Gasteiger partial charge in [0, 0.05) is 12.7 Å². The first-order chi connectivity index (χ1) is 8.24. The maximum Gasteiger partial charge on any atom is 0.240 e. The molecule has 0 aliphatic heterocycles. The van der Waals surface area contributed by atoms with E-state index < -0.39 is 0 Å². The standard InChI is InChI=1S/C11H12FN3O2/c1-16-6-7-4-8(12)2-3-9(7)11-14-10(5-13)17-15-11/h2-4H,5-6,13H2,1H3. The Morgan fingerprint density at radius 3 is 2.94 bits per heavy atom. The van der Waals surface area contributed by atoms with E-state index in [9.17, 15) is 4.39 Å². The molecule has 0 saturated heterocycles. The Labute approximate surface area is 97.4 Å². The number of rotatable bonds is 4. The van der Waals surface area contributed by atoms with Crippen LogP contribution in [-0.4, -0.2) is 17.3 Å². The highest BCUT2D eigenvalue weighted by atomic mass is 19.1. The minimum absolute atomic E-state index is 0.174. The predicted octanol–water partition coefficient (Wildman–Crippen LogP) is 1.48. The summed E-state index contributed by atoms with van der Waals surface area (Å²) >= 11 is 0. The minimum atomic E-state index is -0.330. The largest absolute Gasteiger partial charge is 0.380 e. The maximum absolute atomic E-state index is 13.1. The molecule has 17 heavy (non-hydrogen) atoms. The zero-order valence-corrected chi connectivity index (χ0v) is 9.31. The number of methoxy groups -OCH3 is 1. The Kier molecular flexibility index (Phi) is 3.46. The molecule has 2 rings (SSSR count). The van der Waals surface area contributed by atoms with Crippen LogP contribution in [0.4, 0.5) is 4.39 Å². The van der Waals surface area contributed by atoms with Crippen LogP contribution in [-0.2, 0) is 17.9 Å². The molecule has 6 heteroatoms. The molecule has 0 atom stereocenters. The summed E-state index contributed by atoms with van der Waals surface area (Å²) in [4.78, 5) is 4.09. The van der Waals surface area contributed by atoms with Crippen LogP contribution >= 0.6 is 0 Å². The van der Waals surface area contributed by atoms with Crippen LogP contribution in [0.5, 0.6) is 0 Å². The van der Waals surface area contributed by atoms with Crippen molar-refractivity contribution in [3.63, 3.8) is 0 Å². The third-order valence-corrected chi connectivity index (χ3v) is 2.25. The summed E-state index contributed by atoms with van der Waals surface area (Å²) in [6, 6.07) is 4.32. The van der Waals surface area contributed by atoms with Crippen LogP contribution in [0.25, 0.3) is 11.4 Å². The first-order valence-corrected chi connectivity index (χ1v) is 5.05. The van der Waals surface area contributed by atoms with Crippen molar-refractivity contribution in [2.75, 3.05) is 7.11 Å². The van der Waals surface area contributed by atoms with Crippen molar-refractivity contribution in [3.05, 3.63) is 35.5 Å². The van der Waals surface area contributed by atoms with E-state index in [1.54, 1.807) is 6.07 Å². The minimum Gasteiger partial charge on any atom is -0.380 e. The summed E-state index contributed by atoms with van der Waals surface area (Å²) in [5.41, 5.74) is 6.72. The molecule has 2 N–H and O–H groups in total. The highest BCUT2D eigenvalue weighted by molar-refractivity contribution is 5.59. The number of nitrogens with zero attached hydrogens (tertiary/aromatic N) is 2. The van der Waals surface area contributed by atoms with E-state index in [2.05, 4.69) is 10.1 Å². The zero-order valence-electron chi connectivity index (χ0n) is 9.31. The van der Waals surface area contributed by atoms with Crippen molar-refractivity contribution in [3.8, 4) is 11.4 Å². The molecule has 2 aromatic rings. The first-order valence-electron chi connectivity index (χ1n) is 5.05. The number of benzene rings is 1. The molecule has 0 amide bonds. The van der Waals surface area contributed by atoms with Crippen molar-refractivity contribution >= 4 is 0 Å². The van der Waals surface area contributed by atoms with Gasteiger partial charge in [0.25, 0.3) is 0 Å². The van der Waals surface area contributed by atoms with E-state index in [1.165, 1.54) is 19.2 Å². The van der Waals surface area contributed by atoms with Gasteiger partial charge in [-0.3, -0.25) is 0 Å². The zero-order chi connectivity index (χ0) is 12.3. The van der Waals surface area contributed by atoms with Gasteiger partial charge in [0.1, 0.15) is 5.82 Å². The molecule has 5 nitrogen and oxygen atoms in total. The Morgan fingerprint density at radius 1 is 1.47 bits per heavy atom. The van der Waals surface area contributed by atoms with Gasteiger partial charge in [-0.2, -0.15) is 4.98 Å². The van der Waals surface area contributed by atoms with Crippen molar-refractivity contribution in [2.45, 2.75) is 13.2 Å². The Morgan fingerprint density at radius 2 is 2.29 bits per heavy atom. The molecule has 0 unspecified atom stereocenters. The molecule has 0 fully saturated rings. The van der Waals surface area contributed by atoms with Crippen LogP contribution in [0, 0.1) is 5.82 Å². The topological polar surface area (TPSA) is 74.2 Å². The quantitative estimate of drug-likeness (QED) is 0.871. The van der Waals surface area contributed by atoms with E-state index in [0.717, 1.165) is 0 Å². The Hall–Kier alpha value is -1.79. The van der Waals surface area contributed by atoms with Gasteiger partial charge in [0.2, 0.25) is 11.7 Å². The predicted molar refractivity (Wildman–Crippen MR) is 58.3 cm³/mol. The van der Waals surface area contributed by atoms with Crippen molar-refractivity contribution < 1.29 is 13.7 Å². The van der Waals surface area contributed by atoms with Gasteiger partial charge in [0.05, 0.1) is 13.2 Å². The number of ether oxygens (including phenoxy) is 1. The van der Waals surface area contributed by atoms with Gasteiger partial charge in [0.15, 0.2) is 0 Å². The smallest absolute Gasteiger partial charge is 0.240 e. The summed E-state index contributed by atoms with van der Waals surface area (Å²) in [6.45, 7) is 0.452. The van der Waals surface area contributed by atoms with E-state index in [-0.39, 0.29) is 19.0 Å². The number of nitrogens with two attached hydrogens (primary N) is 1. The van der Waals surface area contributed by atoms with Crippen molar-refractivity contribution in [1.29, 1.82) is 0 Å². The number of hydrogen-bond donors (Lipinski definition) is 1. The fourth-order valence-corrected chi connectivity index (χ4v) is 1.50. The SMILES string of the molecule is COCc1cc(F)ccc1-c1noc(CN)n1. The second kappa shape index (κ2) is 5.03. The Bertz CT molecular complexity index is 513. The highest BCUT2D eigenvalue weighted by Crippen LogP contribution is 2.22. The number of halogens is 1. The summed E-state index contributed by atoms with van der Waals surface area (Å²) in [7, 11) is 1.54. The molecule has 0 radical (unpaired) electrons. The lowest BCUT2D eigenvalue weighted by Crippen LogP contribution is -1.97. The number of hydrogen-bond acceptors (Lipinski definition) is 5. The van der Waals surface area contributed by atoms with E-state index in [4.69, 9.17) is 15.0 Å². The van der Waals surface area contributed by atoms with Crippen LogP contribution in [0.3, 0.4) is 0 Å². The highest BCUT2D eigenvalue weighted by Gasteiger charge is 2.12. The van der Waals surface area contributed by atoms with Gasteiger partial charge < -0.3 is 15.0 Å². The second-order valence-corrected chi connectivity index (χ2v) is 3.45. The van der Waals surface area contributed by atoms with Crippen LogP contribution < -0.4 is 5.73 Å². The van der Waals surface area contributed by atoms with Crippen LogP contribution in [0.15, 0.2) is 22.7 Å². The van der Waals surface area contributed by atoms with Gasteiger partial charge in [-0.1, -0.05) is 5.16 Å². The van der Waals surface area contributed by atoms with Gasteiger partial charge in [-0.25, -0.2) is 4.39 Å². The van der Waals surface area contributed by atoms with Crippen molar-refractivity contribution in [1.82, 2.24) is 10.1 Å². The molecule has 1 heterocycles. The average Bonchev–Trinajstić information content (AvgIpc) is 2.78. The van der Waals surface area contributed by atoms with Gasteiger partial charge in [-0.05, 0) is 23.8 Å². The lowest BCUT2D eigenvalue weighted by Gasteiger charge is -2.05. The molecular weight excluding hydrogens is 225 g/mol. The van der Waals surface area contributed by atoms with Gasteiger partial charge >= 0.3 is 0 Å². The molecule has 1 aromatic carbocycles. The van der Waals surface area contributed by atoms with E-state index in [0.29, 0.717) is 22.8 Å². The Balaban J connectivity index is 2.42. The summed E-state index contributed by atoms with van der Waals surface area (Å²) < 4.78 is 23.0. The second-order valence-electron chi connectivity index (χ2n) is 3.45. The normalized spacial score (nSPS) is 10.8. The molecular formula is C11H12FN3O2. The summed E-state index contributed by atoms with van der Waals surface area (Å²) in [5, 5.41) is 3.79. The lowest BCUT2D eigenvalue weighted by molar-refractivity contribution is 0.185. The van der Waals surface area contributed by atoms with Crippen LogP contribution in [0.1, 0.15) is 11.5 Å². The average molecular weight is 237 g/mol. The fraction of sp³-hybridized carbons (Fsp3) is 0.273. The van der Waals surface area contributed by atoms with Crippen molar-refractivity contribution in [2.24, 2.45) is 5.73 Å². The maximum atomic E-state index is 13.1. The third-order valence-electron chi connectivity index (χ3n) is 2.25. The monoisotopic (exact) mass is 237 g/mol. The third kappa shape index (κ3) is 2.48. The van der Waals surface area contributed by atoms with E-state index in [1.807, 2.05) is 0 Å². The van der Waals surface area contributed by atoms with E-state index >= 15 is 0 Å². The van der Waals surface area contributed by atoms with Gasteiger partial charge in [-0.15, -0.1) is 0 Å². The molecule has 0 aliphatic carbocycles. The lowest BCUT2D eigenvalue weighted by atomic mass is 10.1. The summed E-state index contributed by atoms with van der Waals surface area (Å²) in [6.07, 6.45) is 0. The molecule has 90 valence electrons. The fourth-order valence-electron chi connectivity index (χ4n) is 1.50.